The molecule has 8 heteroatoms. The molecule has 2 heterocycles. The highest BCUT2D eigenvalue weighted by Gasteiger charge is 2.43. The van der Waals surface area contributed by atoms with Crippen molar-refractivity contribution in [1.82, 2.24) is 9.80 Å². The topological polar surface area (TPSA) is 87.0 Å². The summed E-state index contributed by atoms with van der Waals surface area (Å²) in [5.41, 5.74) is 3.72. The van der Waals surface area contributed by atoms with E-state index >= 15 is 0 Å². The van der Waals surface area contributed by atoms with Gasteiger partial charge in [0.05, 0.1) is 16.2 Å². The number of likely N-dealkylation sites (N-methyl/N-ethyl adjacent to an activating group) is 1. The second kappa shape index (κ2) is 8.55. The molecule has 4 rings (SSSR count). The van der Waals surface area contributed by atoms with Gasteiger partial charge in [-0.1, -0.05) is 13.0 Å². The van der Waals surface area contributed by atoms with Gasteiger partial charge in [0.2, 0.25) is 0 Å². The summed E-state index contributed by atoms with van der Waals surface area (Å²) in [6, 6.07) is 11.3. The average molecular weight is 434 g/mol. The lowest BCUT2D eigenvalue weighted by molar-refractivity contribution is -0.384. The molecule has 2 aromatic carbocycles. The van der Waals surface area contributed by atoms with Crippen LogP contribution in [-0.4, -0.2) is 59.3 Å². The van der Waals surface area contributed by atoms with Gasteiger partial charge in [-0.05, 0) is 61.3 Å². The molecule has 0 radical (unpaired) electrons. The van der Waals surface area contributed by atoms with Crippen molar-refractivity contribution in [2.45, 2.75) is 20.8 Å². The number of anilines is 1. The number of nitro groups is 1. The van der Waals surface area contributed by atoms with E-state index in [0.29, 0.717) is 35.6 Å². The molecule has 0 bridgehead atoms. The van der Waals surface area contributed by atoms with Crippen LogP contribution in [0.4, 0.5) is 11.4 Å². The quantitative estimate of drug-likeness (QED) is 0.408. The van der Waals surface area contributed by atoms with Gasteiger partial charge in [-0.25, -0.2) is 4.90 Å². The molecule has 0 unspecified atom stereocenters. The van der Waals surface area contributed by atoms with E-state index in [9.17, 15) is 19.7 Å². The molecule has 0 N–H and O–H groups in total. The molecule has 0 atom stereocenters. The van der Waals surface area contributed by atoms with E-state index in [-0.39, 0.29) is 11.6 Å². The Kier molecular flexibility index (Phi) is 5.80. The fraction of sp³-hybridized carbons (Fsp3) is 0.333. The Labute approximate surface area is 186 Å². The summed E-state index contributed by atoms with van der Waals surface area (Å²) in [6.07, 6.45) is 0. The highest BCUT2D eigenvalue weighted by atomic mass is 16.6. The second-order valence-electron chi connectivity index (χ2n) is 8.16. The lowest BCUT2D eigenvalue weighted by Gasteiger charge is -2.36. The Hall–Kier alpha value is -3.52. The van der Waals surface area contributed by atoms with E-state index in [0.717, 1.165) is 30.8 Å². The van der Waals surface area contributed by atoms with Crippen molar-refractivity contribution in [2.24, 2.45) is 0 Å². The molecule has 32 heavy (non-hydrogen) atoms. The van der Waals surface area contributed by atoms with Crippen LogP contribution in [0.3, 0.4) is 0 Å². The zero-order chi connectivity index (χ0) is 23.0. The van der Waals surface area contributed by atoms with Gasteiger partial charge in [-0.15, -0.1) is 0 Å². The number of benzene rings is 2. The smallest absolute Gasteiger partial charge is 0.282 e. The van der Waals surface area contributed by atoms with E-state index in [1.165, 1.54) is 17.0 Å². The number of nitrogens with zero attached hydrogens (tertiary/aromatic N) is 4. The van der Waals surface area contributed by atoms with Crippen LogP contribution in [0.5, 0.6) is 0 Å². The van der Waals surface area contributed by atoms with Crippen molar-refractivity contribution in [3.63, 3.8) is 0 Å². The summed E-state index contributed by atoms with van der Waals surface area (Å²) < 4.78 is 0. The summed E-state index contributed by atoms with van der Waals surface area (Å²) in [7, 11) is 0. The van der Waals surface area contributed by atoms with Crippen molar-refractivity contribution in [1.29, 1.82) is 0 Å². The van der Waals surface area contributed by atoms with Crippen LogP contribution in [0.2, 0.25) is 0 Å². The molecule has 166 valence electrons. The minimum atomic E-state index is -0.480. The third kappa shape index (κ3) is 3.78. The van der Waals surface area contributed by atoms with Crippen LogP contribution in [0.15, 0.2) is 48.2 Å². The van der Waals surface area contributed by atoms with Gasteiger partial charge in [0.15, 0.2) is 0 Å². The Morgan fingerprint density at radius 3 is 2.12 bits per heavy atom. The van der Waals surface area contributed by atoms with Gasteiger partial charge in [0.25, 0.3) is 17.5 Å². The number of rotatable bonds is 5. The van der Waals surface area contributed by atoms with Crippen molar-refractivity contribution >= 4 is 28.8 Å². The number of piperazine rings is 1. The number of carbonyl (C=O) groups excluding carboxylic acids is 2. The standard InChI is InChI=1S/C24H26N4O4/c1-4-25-11-13-26(14-12-25)22-21(18-6-9-19(10-7-18)28(31)32)23(29)27(24(22)30)20-8-5-16(2)17(3)15-20/h5-10,15H,4,11-14H2,1-3H3. The van der Waals surface area contributed by atoms with Gasteiger partial charge in [0.1, 0.15) is 5.70 Å². The maximum Gasteiger partial charge on any atom is 0.282 e. The molecule has 2 aliphatic heterocycles. The normalized spacial score (nSPS) is 17.5. The monoisotopic (exact) mass is 434 g/mol. The SMILES string of the molecule is CCN1CCN(C2=C(c3ccc([N+](=O)[O-])cc3)C(=O)N(c3ccc(C)c(C)c3)C2=O)CC1. The third-order valence-corrected chi connectivity index (χ3v) is 6.31. The van der Waals surface area contributed by atoms with Gasteiger partial charge in [-0.3, -0.25) is 19.7 Å². The summed E-state index contributed by atoms with van der Waals surface area (Å²) >= 11 is 0. The first kappa shape index (κ1) is 21.7. The number of non-ortho nitro benzene ring substituents is 1. The fourth-order valence-electron chi connectivity index (χ4n) is 4.21. The Morgan fingerprint density at radius 2 is 1.56 bits per heavy atom. The van der Waals surface area contributed by atoms with Crippen LogP contribution in [0, 0.1) is 24.0 Å². The average Bonchev–Trinajstić information content (AvgIpc) is 3.05. The molecule has 2 aliphatic rings. The molecule has 0 aromatic heterocycles. The second-order valence-corrected chi connectivity index (χ2v) is 8.16. The van der Waals surface area contributed by atoms with E-state index in [1.54, 1.807) is 18.2 Å². The first-order valence-corrected chi connectivity index (χ1v) is 10.7. The predicted octanol–water partition coefficient (Wildman–Crippen LogP) is 3.13. The number of imide groups is 1. The first-order chi connectivity index (χ1) is 15.3. The van der Waals surface area contributed by atoms with Crippen molar-refractivity contribution < 1.29 is 14.5 Å². The van der Waals surface area contributed by atoms with Crippen molar-refractivity contribution in [3.8, 4) is 0 Å². The van der Waals surface area contributed by atoms with Crippen LogP contribution < -0.4 is 4.90 Å². The van der Waals surface area contributed by atoms with E-state index in [4.69, 9.17) is 0 Å². The Morgan fingerprint density at radius 1 is 0.906 bits per heavy atom. The minimum Gasteiger partial charge on any atom is -0.364 e. The predicted molar refractivity (Wildman–Crippen MR) is 122 cm³/mol. The minimum absolute atomic E-state index is 0.0600. The molecule has 2 amide bonds. The van der Waals surface area contributed by atoms with Gasteiger partial charge in [-0.2, -0.15) is 0 Å². The number of aryl methyl sites for hydroxylation is 2. The highest BCUT2D eigenvalue weighted by molar-refractivity contribution is 6.45. The zero-order valence-electron chi connectivity index (χ0n) is 18.5. The number of nitro benzene ring substituents is 1. The number of hydrogen-bond donors (Lipinski definition) is 0. The molecule has 1 saturated heterocycles. The number of carbonyl (C=O) groups is 2. The van der Waals surface area contributed by atoms with Crippen LogP contribution in [-0.2, 0) is 9.59 Å². The van der Waals surface area contributed by atoms with Gasteiger partial charge < -0.3 is 9.80 Å². The van der Waals surface area contributed by atoms with E-state index in [1.807, 2.05) is 30.9 Å². The lowest BCUT2D eigenvalue weighted by Crippen LogP contribution is -2.47. The maximum atomic E-state index is 13.6. The largest absolute Gasteiger partial charge is 0.364 e. The van der Waals surface area contributed by atoms with E-state index < -0.39 is 10.8 Å². The molecule has 0 spiro atoms. The van der Waals surface area contributed by atoms with Crippen LogP contribution in [0.25, 0.3) is 5.57 Å². The Bertz CT molecular complexity index is 1120. The zero-order valence-corrected chi connectivity index (χ0v) is 18.5. The molecule has 0 saturated carbocycles. The molecule has 8 nitrogen and oxygen atoms in total. The van der Waals surface area contributed by atoms with Gasteiger partial charge >= 0.3 is 0 Å². The van der Waals surface area contributed by atoms with Crippen LogP contribution >= 0.6 is 0 Å². The molecular weight excluding hydrogens is 408 g/mol. The number of hydrogen-bond acceptors (Lipinski definition) is 6. The van der Waals surface area contributed by atoms with Crippen molar-refractivity contribution in [3.05, 3.63) is 75.0 Å². The van der Waals surface area contributed by atoms with Crippen molar-refractivity contribution in [2.75, 3.05) is 37.6 Å². The molecular formula is C24H26N4O4. The lowest BCUT2D eigenvalue weighted by atomic mass is 10.0. The number of amides is 2. The van der Waals surface area contributed by atoms with Gasteiger partial charge in [0, 0.05) is 38.3 Å². The fourth-order valence-corrected chi connectivity index (χ4v) is 4.21. The summed E-state index contributed by atoms with van der Waals surface area (Å²) in [6.45, 7) is 9.84. The molecule has 1 fully saturated rings. The summed E-state index contributed by atoms with van der Waals surface area (Å²) in [4.78, 5) is 43.3. The highest BCUT2D eigenvalue weighted by Crippen LogP contribution is 2.36. The Balaban J connectivity index is 1.78. The molecule has 0 aliphatic carbocycles. The summed E-state index contributed by atoms with van der Waals surface area (Å²) in [5, 5.41) is 11.1. The first-order valence-electron chi connectivity index (χ1n) is 10.7. The maximum absolute atomic E-state index is 13.6. The molecule has 2 aromatic rings. The van der Waals surface area contributed by atoms with E-state index in [2.05, 4.69) is 11.8 Å². The van der Waals surface area contributed by atoms with Crippen LogP contribution in [0.1, 0.15) is 23.6 Å². The summed E-state index contributed by atoms with van der Waals surface area (Å²) in [5.74, 6) is -0.753. The third-order valence-electron chi connectivity index (χ3n) is 6.31.